The quantitative estimate of drug-likeness (QED) is 0.804. The van der Waals surface area contributed by atoms with E-state index in [0.717, 1.165) is 0 Å². The van der Waals surface area contributed by atoms with Crippen molar-refractivity contribution in [1.82, 2.24) is 9.78 Å². The predicted octanol–water partition coefficient (Wildman–Crippen LogP) is 3.69. The van der Waals surface area contributed by atoms with E-state index in [0.29, 0.717) is 16.7 Å². The van der Waals surface area contributed by atoms with E-state index in [-0.39, 0.29) is 10.6 Å². The van der Waals surface area contributed by atoms with E-state index in [4.69, 9.17) is 11.6 Å². The van der Waals surface area contributed by atoms with Gasteiger partial charge in [-0.15, -0.1) is 0 Å². The SMILES string of the molecule is CCn1ncc(Br)c1C(=O)c1c(F)cccc1Cl. The molecule has 0 amide bonds. The zero-order valence-corrected chi connectivity index (χ0v) is 11.8. The molecule has 6 heteroatoms. The number of carbonyl (C=O) groups excluding carboxylic acids is 1. The van der Waals surface area contributed by atoms with Gasteiger partial charge < -0.3 is 0 Å². The molecule has 2 rings (SSSR count). The summed E-state index contributed by atoms with van der Waals surface area (Å²) < 4.78 is 15.7. The van der Waals surface area contributed by atoms with Crippen molar-refractivity contribution in [2.75, 3.05) is 0 Å². The average Bonchev–Trinajstić information content (AvgIpc) is 2.70. The Morgan fingerprint density at radius 2 is 2.28 bits per heavy atom. The Kier molecular flexibility index (Phi) is 3.82. The van der Waals surface area contributed by atoms with Crippen molar-refractivity contribution in [3.05, 3.63) is 51.0 Å². The number of ketones is 1. The van der Waals surface area contributed by atoms with E-state index < -0.39 is 11.6 Å². The smallest absolute Gasteiger partial charge is 0.216 e. The molecular formula is C12H9BrClFN2O. The minimum absolute atomic E-state index is 0.0933. The summed E-state index contributed by atoms with van der Waals surface area (Å²) in [7, 11) is 0. The lowest BCUT2D eigenvalue weighted by Crippen LogP contribution is -2.13. The van der Waals surface area contributed by atoms with Gasteiger partial charge in [0.2, 0.25) is 5.78 Å². The molecule has 0 aliphatic heterocycles. The van der Waals surface area contributed by atoms with Crippen LogP contribution in [0.5, 0.6) is 0 Å². The number of benzene rings is 1. The molecule has 0 fully saturated rings. The fraction of sp³-hybridized carbons (Fsp3) is 0.167. The van der Waals surface area contributed by atoms with Crippen molar-refractivity contribution < 1.29 is 9.18 Å². The molecular weight excluding hydrogens is 322 g/mol. The van der Waals surface area contributed by atoms with Crippen LogP contribution in [-0.4, -0.2) is 15.6 Å². The maximum Gasteiger partial charge on any atom is 0.216 e. The normalized spacial score (nSPS) is 10.7. The molecule has 0 radical (unpaired) electrons. The van der Waals surface area contributed by atoms with E-state index in [9.17, 15) is 9.18 Å². The molecule has 1 heterocycles. The van der Waals surface area contributed by atoms with Gasteiger partial charge in [-0.25, -0.2) is 4.39 Å². The standard InChI is InChI=1S/C12H9BrClFN2O/c1-2-17-11(7(13)6-16-17)12(18)10-8(14)4-3-5-9(10)15/h3-6H,2H2,1H3. The highest BCUT2D eigenvalue weighted by Crippen LogP contribution is 2.26. The van der Waals surface area contributed by atoms with E-state index in [1.165, 1.54) is 29.1 Å². The van der Waals surface area contributed by atoms with Gasteiger partial charge >= 0.3 is 0 Å². The molecule has 0 atom stereocenters. The van der Waals surface area contributed by atoms with Crippen molar-refractivity contribution in [3.8, 4) is 0 Å². The van der Waals surface area contributed by atoms with E-state index in [2.05, 4.69) is 21.0 Å². The minimum Gasteiger partial charge on any atom is -0.287 e. The van der Waals surface area contributed by atoms with Crippen LogP contribution in [0, 0.1) is 5.82 Å². The van der Waals surface area contributed by atoms with Gasteiger partial charge in [0.25, 0.3) is 0 Å². The third-order valence-corrected chi connectivity index (χ3v) is 3.39. The lowest BCUT2D eigenvalue weighted by molar-refractivity contribution is 0.102. The van der Waals surface area contributed by atoms with E-state index >= 15 is 0 Å². The second-order valence-electron chi connectivity index (χ2n) is 3.58. The second-order valence-corrected chi connectivity index (χ2v) is 4.84. The Morgan fingerprint density at radius 3 is 2.89 bits per heavy atom. The van der Waals surface area contributed by atoms with Gasteiger partial charge in [-0.05, 0) is 35.0 Å². The highest BCUT2D eigenvalue weighted by atomic mass is 79.9. The molecule has 1 aromatic carbocycles. The summed E-state index contributed by atoms with van der Waals surface area (Å²) in [6.45, 7) is 2.36. The number of rotatable bonds is 3. The van der Waals surface area contributed by atoms with Gasteiger partial charge in [0.05, 0.1) is 21.3 Å². The summed E-state index contributed by atoms with van der Waals surface area (Å²) in [5.74, 6) is -1.12. The highest BCUT2D eigenvalue weighted by molar-refractivity contribution is 9.10. The van der Waals surface area contributed by atoms with Crippen LogP contribution in [0.15, 0.2) is 28.9 Å². The Labute approximate surface area is 117 Å². The molecule has 0 unspecified atom stereocenters. The highest BCUT2D eigenvalue weighted by Gasteiger charge is 2.23. The van der Waals surface area contributed by atoms with Crippen LogP contribution in [0.3, 0.4) is 0 Å². The van der Waals surface area contributed by atoms with E-state index in [1.54, 1.807) is 0 Å². The summed E-state index contributed by atoms with van der Waals surface area (Å²) in [5.41, 5.74) is 0.166. The maximum absolute atomic E-state index is 13.7. The number of aromatic nitrogens is 2. The van der Waals surface area contributed by atoms with Crippen LogP contribution in [0.2, 0.25) is 5.02 Å². The molecule has 0 saturated carbocycles. The fourth-order valence-corrected chi connectivity index (χ4v) is 2.39. The second kappa shape index (κ2) is 5.20. The Balaban J connectivity index is 2.58. The van der Waals surface area contributed by atoms with Crippen LogP contribution < -0.4 is 0 Å². The summed E-state index contributed by atoms with van der Waals surface area (Å²) in [6.07, 6.45) is 1.51. The van der Waals surface area contributed by atoms with Gasteiger partial charge in [-0.3, -0.25) is 9.48 Å². The first-order valence-electron chi connectivity index (χ1n) is 5.26. The first-order chi connectivity index (χ1) is 8.56. The molecule has 18 heavy (non-hydrogen) atoms. The third kappa shape index (κ3) is 2.20. The van der Waals surface area contributed by atoms with Crippen LogP contribution in [0.25, 0.3) is 0 Å². The molecule has 0 spiro atoms. The first kappa shape index (κ1) is 13.2. The molecule has 0 aliphatic rings. The lowest BCUT2D eigenvalue weighted by Gasteiger charge is -2.07. The van der Waals surface area contributed by atoms with Crippen molar-refractivity contribution in [2.45, 2.75) is 13.5 Å². The Hall–Kier alpha value is -1.20. The average molecular weight is 332 g/mol. The number of carbonyl (C=O) groups is 1. The summed E-state index contributed by atoms with van der Waals surface area (Å²) >= 11 is 9.12. The van der Waals surface area contributed by atoms with Crippen molar-refractivity contribution in [1.29, 1.82) is 0 Å². The molecule has 1 aromatic heterocycles. The molecule has 0 saturated heterocycles. The third-order valence-electron chi connectivity index (χ3n) is 2.50. The molecule has 0 aliphatic carbocycles. The molecule has 0 bridgehead atoms. The fourth-order valence-electron chi connectivity index (χ4n) is 1.66. The van der Waals surface area contributed by atoms with Crippen molar-refractivity contribution in [3.63, 3.8) is 0 Å². The summed E-state index contributed by atoms with van der Waals surface area (Å²) in [5, 5.41) is 4.12. The Morgan fingerprint density at radius 1 is 1.56 bits per heavy atom. The number of hydrogen-bond donors (Lipinski definition) is 0. The van der Waals surface area contributed by atoms with Gasteiger partial charge in [-0.2, -0.15) is 5.10 Å². The maximum atomic E-state index is 13.7. The first-order valence-corrected chi connectivity index (χ1v) is 6.43. The van der Waals surface area contributed by atoms with Crippen molar-refractivity contribution >= 4 is 33.3 Å². The minimum atomic E-state index is -0.636. The number of aryl methyl sites for hydroxylation is 1. The van der Waals surface area contributed by atoms with Crippen LogP contribution in [0.1, 0.15) is 23.0 Å². The number of hydrogen-bond acceptors (Lipinski definition) is 2. The lowest BCUT2D eigenvalue weighted by atomic mass is 10.1. The summed E-state index contributed by atoms with van der Waals surface area (Å²) in [6, 6.07) is 4.15. The zero-order chi connectivity index (χ0) is 13.3. The van der Waals surface area contributed by atoms with Gasteiger partial charge in [0.1, 0.15) is 11.5 Å². The molecule has 94 valence electrons. The molecule has 3 nitrogen and oxygen atoms in total. The van der Waals surface area contributed by atoms with Gasteiger partial charge in [0.15, 0.2) is 0 Å². The van der Waals surface area contributed by atoms with Gasteiger partial charge in [0, 0.05) is 6.54 Å². The predicted molar refractivity (Wildman–Crippen MR) is 70.4 cm³/mol. The van der Waals surface area contributed by atoms with Crippen LogP contribution in [-0.2, 0) is 6.54 Å². The zero-order valence-electron chi connectivity index (χ0n) is 9.45. The van der Waals surface area contributed by atoms with Crippen molar-refractivity contribution in [2.24, 2.45) is 0 Å². The van der Waals surface area contributed by atoms with Crippen LogP contribution in [0.4, 0.5) is 4.39 Å². The van der Waals surface area contributed by atoms with Crippen LogP contribution >= 0.6 is 27.5 Å². The topological polar surface area (TPSA) is 34.9 Å². The van der Waals surface area contributed by atoms with Gasteiger partial charge in [-0.1, -0.05) is 17.7 Å². The number of halogens is 3. The molecule has 2 aromatic rings. The number of nitrogens with zero attached hydrogens (tertiary/aromatic N) is 2. The largest absolute Gasteiger partial charge is 0.287 e. The monoisotopic (exact) mass is 330 g/mol. The molecule has 0 N–H and O–H groups in total. The summed E-state index contributed by atoms with van der Waals surface area (Å²) in [4.78, 5) is 12.3. The Bertz CT molecular complexity index is 592. The van der Waals surface area contributed by atoms with E-state index in [1.807, 2.05) is 6.92 Å².